The molecular formula is C15H23NO. The van der Waals surface area contributed by atoms with Crippen molar-refractivity contribution in [3.8, 4) is 0 Å². The Bertz CT molecular complexity index is 347. The molecule has 17 heavy (non-hydrogen) atoms. The van der Waals surface area contributed by atoms with Crippen LogP contribution >= 0.6 is 0 Å². The maximum atomic E-state index is 9.53. The highest BCUT2D eigenvalue weighted by molar-refractivity contribution is 5.15. The molecule has 1 heterocycles. The van der Waals surface area contributed by atoms with E-state index in [1.165, 1.54) is 18.4 Å². The predicted octanol–water partition coefficient (Wildman–Crippen LogP) is 2.81. The highest BCUT2D eigenvalue weighted by Crippen LogP contribution is 2.32. The van der Waals surface area contributed by atoms with Gasteiger partial charge in [-0.05, 0) is 38.7 Å². The second-order valence-corrected chi connectivity index (χ2v) is 5.65. The van der Waals surface area contributed by atoms with E-state index in [0.717, 1.165) is 13.0 Å². The molecule has 1 fully saturated rings. The minimum Gasteiger partial charge on any atom is -0.395 e. The number of aliphatic hydroxyl groups is 1. The number of piperidine rings is 1. The lowest BCUT2D eigenvalue weighted by Gasteiger charge is -2.47. The first-order valence-corrected chi connectivity index (χ1v) is 6.55. The summed E-state index contributed by atoms with van der Waals surface area (Å²) in [7, 11) is 0. The summed E-state index contributed by atoms with van der Waals surface area (Å²) in [5.41, 5.74) is 1.53. The molecule has 0 aliphatic carbocycles. The van der Waals surface area contributed by atoms with Gasteiger partial charge in [0.25, 0.3) is 0 Å². The first-order chi connectivity index (χ1) is 8.13. The number of aliphatic hydroxyl groups excluding tert-OH is 1. The molecule has 0 aromatic heterocycles. The largest absolute Gasteiger partial charge is 0.395 e. The fourth-order valence-corrected chi connectivity index (χ4v) is 2.88. The van der Waals surface area contributed by atoms with Crippen molar-refractivity contribution in [2.75, 3.05) is 6.61 Å². The molecule has 1 atom stereocenters. The molecule has 2 heteroatoms. The Morgan fingerprint density at radius 1 is 1.29 bits per heavy atom. The van der Waals surface area contributed by atoms with E-state index in [-0.39, 0.29) is 12.1 Å². The molecule has 94 valence electrons. The summed E-state index contributed by atoms with van der Waals surface area (Å²) >= 11 is 0. The quantitative estimate of drug-likeness (QED) is 0.867. The van der Waals surface area contributed by atoms with Crippen molar-refractivity contribution in [1.29, 1.82) is 0 Å². The van der Waals surface area contributed by atoms with Gasteiger partial charge in [-0.3, -0.25) is 4.90 Å². The molecule has 0 spiro atoms. The van der Waals surface area contributed by atoms with Crippen molar-refractivity contribution in [1.82, 2.24) is 4.90 Å². The van der Waals surface area contributed by atoms with E-state index in [1.54, 1.807) is 0 Å². The number of likely N-dealkylation sites (tertiary alicyclic amines) is 1. The molecule has 1 saturated heterocycles. The van der Waals surface area contributed by atoms with Crippen molar-refractivity contribution >= 4 is 0 Å². The molecule has 0 bridgehead atoms. The minimum atomic E-state index is 0.196. The molecule has 0 unspecified atom stereocenters. The zero-order valence-corrected chi connectivity index (χ0v) is 10.9. The number of hydrogen-bond acceptors (Lipinski definition) is 2. The lowest BCUT2D eigenvalue weighted by Crippen LogP contribution is -2.53. The molecule has 1 aliphatic heterocycles. The van der Waals surface area contributed by atoms with Gasteiger partial charge in [-0.15, -0.1) is 0 Å². The van der Waals surface area contributed by atoms with Crippen LogP contribution in [0, 0.1) is 0 Å². The number of hydrogen-bond donors (Lipinski definition) is 1. The third-order valence-corrected chi connectivity index (χ3v) is 3.95. The second kappa shape index (κ2) is 5.19. The van der Waals surface area contributed by atoms with Gasteiger partial charge in [-0.1, -0.05) is 30.3 Å². The number of nitrogens with zero attached hydrogens (tertiary/aromatic N) is 1. The van der Waals surface area contributed by atoms with Crippen LogP contribution in [0.3, 0.4) is 0 Å². The third kappa shape index (κ3) is 2.88. The van der Waals surface area contributed by atoms with Gasteiger partial charge < -0.3 is 5.11 Å². The van der Waals surface area contributed by atoms with Gasteiger partial charge in [0.15, 0.2) is 0 Å². The average Bonchev–Trinajstić information content (AvgIpc) is 2.33. The summed E-state index contributed by atoms with van der Waals surface area (Å²) < 4.78 is 0. The van der Waals surface area contributed by atoms with Crippen molar-refractivity contribution in [3.63, 3.8) is 0 Å². The summed E-state index contributed by atoms with van der Waals surface area (Å²) in [4.78, 5) is 2.46. The lowest BCUT2D eigenvalue weighted by molar-refractivity contribution is -0.00947. The van der Waals surface area contributed by atoms with E-state index in [0.29, 0.717) is 6.04 Å². The summed E-state index contributed by atoms with van der Waals surface area (Å²) in [6.45, 7) is 5.80. The van der Waals surface area contributed by atoms with Gasteiger partial charge >= 0.3 is 0 Å². The molecule has 2 nitrogen and oxygen atoms in total. The summed E-state index contributed by atoms with van der Waals surface area (Å²) in [5.74, 6) is 0. The Balaban J connectivity index is 2.15. The van der Waals surface area contributed by atoms with Gasteiger partial charge in [0.2, 0.25) is 0 Å². The smallest absolute Gasteiger partial charge is 0.0587 e. The van der Waals surface area contributed by atoms with Crippen molar-refractivity contribution in [2.45, 2.75) is 51.2 Å². The van der Waals surface area contributed by atoms with Crippen LogP contribution in [0.1, 0.15) is 38.7 Å². The summed E-state index contributed by atoms with van der Waals surface area (Å²) in [6.07, 6.45) is 3.56. The third-order valence-electron chi connectivity index (χ3n) is 3.95. The van der Waals surface area contributed by atoms with Gasteiger partial charge in [-0.25, -0.2) is 0 Å². The summed E-state index contributed by atoms with van der Waals surface area (Å²) in [5, 5.41) is 9.53. The molecular weight excluding hydrogens is 210 g/mol. The van der Waals surface area contributed by atoms with Crippen molar-refractivity contribution in [2.24, 2.45) is 0 Å². The first kappa shape index (κ1) is 12.6. The fraction of sp³-hybridized carbons (Fsp3) is 0.600. The topological polar surface area (TPSA) is 23.5 Å². The molecule has 0 saturated carbocycles. The second-order valence-electron chi connectivity index (χ2n) is 5.65. The summed E-state index contributed by atoms with van der Waals surface area (Å²) in [6, 6.07) is 10.9. The van der Waals surface area contributed by atoms with E-state index in [4.69, 9.17) is 0 Å². The Labute approximate surface area is 104 Å². The first-order valence-electron chi connectivity index (χ1n) is 6.55. The van der Waals surface area contributed by atoms with E-state index < -0.39 is 0 Å². The van der Waals surface area contributed by atoms with E-state index in [9.17, 15) is 5.11 Å². The van der Waals surface area contributed by atoms with E-state index >= 15 is 0 Å². The zero-order chi connectivity index (χ0) is 12.3. The van der Waals surface area contributed by atoms with Gasteiger partial charge in [0.1, 0.15) is 0 Å². The van der Waals surface area contributed by atoms with Crippen LogP contribution in [0.2, 0.25) is 0 Å². The Hall–Kier alpha value is -0.860. The van der Waals surface area contributed by atoms with E-state index in [2.05, 4.69) is 43.0 Å². The van der Waals surface area contributed by atoms with Crippen LogP contribution in [0.5, 0.6) is 0 Å². The standard InChI is InChI=1S/C15H23NO/c1-15(2)10-6-9-14(12-17)16(15)11-13-7-4-3-5-8-13/h3-5,7-8,14,17H,6,9-12H2,1-2H3/t14-/m1/s1. The molecule has 1 aliphatic rings. The van der Waals surface area contributed by atoms with Crippen molar-refractivity contribution < 1.29 is 5.11 Å². The van der Waals surface area contributed by atoms with Gasteiger partial charge in [-0.2, -0.15) is 0 Å². The molecule has 1 aromatic rings. The van der Waals surface area contributed by atoms with Crippen molar-refractivity contribution in [3.05, 3.63) is 35.9 Å². The highest BCUT2D eigenvalue weighted by Gasteiger charge is 2.35. The highest BCUT2D eigenvalue weighted by atomic mass is 16.3. The lowest BCUT2D eigenvalue weighted by atomic mass is 9.86. The molecule has 0 amide bonds. The molecule has 0 radical (unpaired) electrons. The van der Waals surface area contributed by atoms with Crippen LogP contribution in [0.15, 0.2) is 30.3 Å². The predicted molar refractivity (Wildman–Crippen MR) is 70.8 cm³/mol. The van der Waals surface area contributed by atoms with Crippen LogP contribution in [-0.2, 0) is 6.54 Å². The molecule has 1 N–H and O–H groups in total. The Morgan fingerprint density at radius 2 is 2.00 bits per heavy atom. The Morgan fingerprint density at radius 3 is 2.65 bits per heavy atom. The minimum absolute atomic E-state index is 0.196. The van der Waals surface area contributed by atoms with Crippen LogP contribution < -0.4 is 0 Å². The van der Waals surface area contributed by atoms with Gasteiger partial charge in [0.05, 0.1) is 6.61 Å². The monoisotopic (exact) mass is 233 g/mol. The average molecular weight is 233 g/mol. The molecule has 1 aromatic carbocycles. The molecule has 2 rings (SSSR count). The SMILES string of the molecule is CC1(C)CCC[C@H](CO)N1Cc1ccccc1. The van der Waals surface area contributed by atoms with Crippen LogP contribution in [0.25, 0.3) is 0 Å². The fourth-order valence-electron chi connectivity index (χ4n) is 2.88. The zero-order valence-electron chi connectivity index (χ0n) is 10.9. The number of benzene rings is 1. The number of rotatable bonds is 3. The Kier molecular flexibility index (Phi) is 3.85. The van der Waals surface area contributed by atoms with E-state index in [1.807, 2.05) is 6.07 Å². The van der Waals surface area contributed by atoms with Gasteiger partial charge in [0, 0.05) is 18.1 Å². The van der Waals surface area contributed by atoms with Crippen LogP contribution in [0.4, 0.5) is 0 Å². The normalized spacial score (nSPS) is 24.8. The maximum Gasteiger partial charge on any atom is 0.0587 e. The maximum absolute atomic E-state index is 9.53. The van der Waals surface area contributed by atoms with Crippen LogP contribution in [-0.4, -0.2) is 28.2 Å².